The third-order valence-corrected chi connectivity index (χ3v) is 4.52. The van der Waals surface area contributed by atoms with Crippen molar-refractivity contribution in [3.8, 4) is 5.75 Å². The highest BCUT2D eigenvalue weighted by atomic mass is 19.1. The summed E-state index contributed by atoms with van der Waals surface area (Å²) in [6, 6.07) is 8.28. The van der Waals surface area contributed by atoms with E-state index in [1.807, 2.05) is 36.0 Å². The second kappa shape index (κ2) is 7.09. The van der Waals surface area contributed by atoms with E-state index in [2.05, 4.69) is 4.98 Å². The molecule has 0 aliphatic carbocycles. The molecule has 1 aliphatic heterocycles. The van der Waals surface area contributed by atoms with Crippen LogP contribution in [0.4, 0.5) is 10.2 Å². The Hall–Kier alpha value is -2.63. The predicted molar refractivity (Wildman–Crippen MR) is 94.5 cm³/mol. The second-order valence-electron chi connectivity index (χ2n) is 6.35. The van der Waals surface area contributed by atoms with Crippen molar-refractivity contribution >= 4 is 11.7 Å². The first-order valence-corrected chi connectivity index (χ1v) is 8.29. The van der Waals surface area contributed by atoms with Gasteiger partial charge in [-0.15, -0.1) is 0 Å². The molecule has 0 N–H and O–H groups in total. The van der Waals surface area contributed by atoms with E-state index in [4.69, 9.17) is 4.74 Å². The Balaban J connectivity index is 1.87. The first kappa shape index (κ1) is 17.2. The Morgan fingerprint density at radius 2 is 2.12 bits per heavy atom. The summed E-state index contributed by atoms with van der Waals surface area (Å²) < 4.78 is 18.9. The van der Waals surface area contributed by atoms with Crippen molar-refractivity contribution in [3.05, 3.63) is 53.5 Å². The summed E-state index contributed by atoms with van der Waals surface area (Å²) in [4.78, 5) is 21.0. The van der Waals surface area contributed by atoms with E-state index in [1.54, 1.807) is 12.3 Å². The lowest BCUT2D eigenvalue weighted by molar-refractivity contribution is 0.0735. The predicted octanol–water partition coefficient (Wildman–Crippen LogP) is 3.27. The Morgan fingerprint density at radius 3 is 2.80 bits per heavy atom. The van der Waals surface area contributed by atoms with E-state index in [-0.39, 0.29) is 17.7 Å². The lowest BCUT2D eigenvalue weighted by Gasteiger charge is -2.26. The van der Waals surface area contributed by atoms with E-state index in [0.717, 1.165) is 24.2 Å². The molecule has 0 radical (unpaired) electrons. The zero-order chi connectivity index (χ0) is 18.0. The topological polar surface area (TPSA) is 45.7 Å². The molecule has 0 bridgehead atoms. The molecular formula is C19H22FN3O2. The summed E-state index contributed by atoms with van der Waals surface area (Å²) in [7, 11) is 5.27. The minimum Gasteiger partial charge on any atom is -0.494 e. The minimum atomic E-state index is -0.525. The molecule has 2 heterocycles. The molecule has 25 heavy (non-hydrogen) atoms. The Bertz CT molecular complexity index is 779. The molecule has 1 amide bonds. The lowest BCUT2D eigenvalue weighted by Crippen LogP contribution is -2.30. The molecule has 1 fully saturated rings. The normalized spacial score (nSPS) is 16.8. The molecule has 1 saturated heterocycles. The number of anilines is 1. The largest absolute Gasteiger partial charge is 0.494 e. The number of carbonyl (C=O) groups excluding carboxylic acids is 1. The van der Waals surface area contributed by atoms with Gasteiger partial charge in [0.1, 0.15) is 5.82 Å². The number of pyridine rings is 1. The summed E-state index contributed by atoms with van der Waals surface area (Å²) in [6.45, 7) is 0.663. The number of hydrogen-bond donors (Lipinski definition) is 0. The number of hydrogen-bond acceptors (Lipinski definition) is 4. The lowest BCUT2D eigenvalue weighted by atomic mass is 10.0. The van der Waals surface area contributed by atoms with Crippen LogP contribution in [0.5, 0.6) is 5.75 Å². The van der Waals surface area contributed by atoms with E-state index in [9.17, 15) is 9.18 Å². The van der Waals surface area contributed by atoms with Crippen molar-refractivity contribution < 1.29 is 13.9 Å². The Morgan fingerprint density at radius 1 is 1.32 bits per heavy atom. The van der Waals surface area contributed by atoms with Crippen LogP contribution in [-0.2, 0) is 0 Å². The van der Waals surface area contributed by atoms with Gasteiger partial charge in [0.05, 0.1) is 13.2 Å². The smallest absolute Gasteiger partial charge is 0.254 e. The van der Waals surface area contributed by atoms with Gasteiger partial charge < -0.3 is 14.5 Å². The summed E-state index contributed by atoms with van der Waals surface area (Å²) in [6.07, 6.45) is 3.58. The van der Waals surface area contributed by atoms with Gasteiger partial charge in [0.2, 0.25) is 0 Å². The summed E-state index contributed by atoms with van der Waals surface area (Å²) in [5.41, 5.74) is 1.39. The van der Waals surface area contributed by atoms with Crippen LogP contribution in [0, 0.1) is 5.82 Å². The van der Waals surface area contributed by atoms with Crippen LogP contribution in [0.25, 0.3) is 0 Å². The van der Waals surface area contributed by atoms with E-state index < -0.39 is 5.82 Å². The van der Waals surface area contributed by atoms with Crippen molar-refractivity contribution in [1.82, 2.24) is 9.88 Å². The SMILES string of the molecule is COc1ccc(C(=O)N2CCC[C@H]2c2ccnc(N(C)C)c2)cc1F. The van der Waals surface area contributed by atoms with Crippen molar-refractivity contribution in [2.45, 2.75) is 18.9 Å². The van der Waals surface area contributed by atoms with Gasteiger partial charge in [-0.2, -0.15) is 0 Å². The molecule has 1 aromatic heterocycles. The second-order valence-corrected chi connectivity index (χ2v) is 6.35. The van der Waals surface area contributed by atoms with Crippen LogP contribution < -0.4 is 9.64 Å². The standard InChI is InChI=1S/C19H22FN3O2/c1-22(2)18-12-13(8-9-21-18)16-5-4-10-23(16)19(24)14-6-7-17(25-3)15(20)11-14/h6-9,11-12,16H,4-5,10H2,1-3H3/t16-/m0/s1. The van der Waals surface area contributed by atoms with Crippen molar-refractivity contribution in [3.63, 3.8) is 0 Å². The fourth-order valence-corrected chi connectivity index (χ4v) is 3.21. The highest BCUT2D eigenvalue weighted by molar-refractivity contribution is 5.94. The zero-order valence-corrected chi connectivity index (χ0v) is 14.7. The van der Waals surface area contributed by atoms with Gasteiger partial charge in [-0.3, -0.25) is 4.79 Å². The molecule has 0 saturated carbocycles. The molecule has 0 unspecified atom stereocenters. The number of benzene rings is 1. The number of nitrogens with zero attached hydrogens (tertiary/aromatic N) is 3. The average Bonchev–Trinajstić information content (AvgIpc) is 3.10. The molecule has 1 atom stereocenters. The van der Waals surface area contributed by atoms with Crippen molar-refractivity contribution in [2.75, 3.05) is 32.6 Å². The average molecular weight is 343 g/mol. The van der Waals surface area contributed by atoms with Gasteiger partial charge in [0.25, 0.3) is 5.91 Å². The van der Waals surface area contributed by atoms with Gasteiger partial charge >= 0.3 is 0 Å². The molecule has 5 nitrogen and oxygen atoms in total. The number of ether oxygens (including phenoxy) is 1. The van der Waals surface area contributed by atoms with Gasteiger partial charge in [0, 0.05) is 32.4 Å². The number of amides is 1. The highest BCUT2D eigenvalue weighted by Gasteiger charge is 2.31. The molecule has 0 spiro atoms. The van der Waals surface area contributed by atoms with Gasteiger partial charge in [-0.1, -0.05) is 0 Å². The fraction of sp³-hybridized carbons (Fsp3) is 0.368. The van der Waals surface area contributed by atoms with Crippen LogP contribution in [0.3, 0.4) is 0 Å². The van der Waals surface area contributed by atoms with E-state index in [0.29, 0.717) is 12.1 Å². The quantitative estimate of drug-likeness (QED) is 0.855. The molecule has 6 heteroatoms. The maximum absolute atomic E-state index is 14.0. The number of likely N-dealkylation sites (tertiary alicyclic amines) is 1. The first-order chi connectivity index (χ1) is 12.0. The Kier molecular flexibility index (Phi) is 4.88. The Labute approximate surface area is 147 Å². The third-order valence-electron chi connectivity index (χ3n) is 4.52. The van der Waals surface area contributed by atoms with Crippen LogP contribution in [0.15, 0.2) is 36.5 Å². The molecular weight excluding hydrogens is 321 g/mol. The summed E-state index contributed by atoms with van der Waals surface area (Å²) >= 11 is 0. The monoisotopic (exact) mass is 343 g/mol. The maximum Gasteiger partial charge on any atom is 0.254 e. The zero-order valence-electron chi connectivity index (χ0n) is 14.7. The van der Waals surface area contributed by atoms with Gasteiger partial charge in [-0.25, -0.2) is 9.37 Å². The summed E-state index contributed by atoms with van der Waals surface area (Å²) in [5, 5.41) is 0. The van der Waals surface area contributed by atoms with Crippen LogP contribution in [-0.4, -0.2) is 43.5 Å². The van der Waals surface area contributed by atoms with Crippen molar-refractivity contribution in [2.24, 2.45) is 0 Å². The fourth-order valence-electron chi connectivity index (χ4n) is 3.21. The highest BCUT2D eigenvalue weighted by Crippen LogP contribution is 2.34. The maximum atomic E-state index is 14.0. The molecule has 3 rings (SSSR count). The number of methoxy groups -OCH3 is 1. The number of rotatable bonds is 4. The van der Waals surface area contributed by atoms with Crippen LogP contribution in [0.1, 0.15) is 34.8 Å². The van der Waals surface area contributed by atoms with Crippen LogP contribution in [0.2, 0.25) is 0 Å². The third kappa shape index (κ3) is 3.43. The van der Waals surface area contributed by atoms with E-state index in [1.165, 1.54) is 19.2 Å². The summed E-state index contributed by atoms with van der Waals surface area (Å²) in [5.74, 6) is 0.307. The molecule has 1 aliphatic rings. The minimum absolute atomic E-state index is 0.0145. The molecule has 132 valence electrons. The number of carbonyl (C=O) groups is 1. The van der Waals surface area contributed by atoms with Gasteiger partial charge in [0.15, 0.2) is 11.6 Å². The first-order valence-electron chi connectivity index (χ1n) is 8.29. The molecule has 2 aromatic rings. The van der Waals surface area contributed by atoms with E-state index >= 15 is 0 Å². The van der Waals surface area contributed by atoms with Crippen molar-refractivity contribution in [1.29, 1.82) is 0 Å². The van der Waals surface area contributed by atoms with Gasteiger partial charge in [-0.05, 0) is 48.7 Å². The number of halogens is 1. The number of aromatic nitrogens is 1. The molecule has 1 aromatic carbocycles. The van der Waals surface area contributed by atoms with Crippen LogP contribution >= 0.6 is 0 Å².